The quantitative estimate of drug-likeness (QED) is 0.718. The summed E-state index contributed by atoms with van der Waals surface area (Å²) < 4.78 is 5.12. The first-order chi connectivity index (χ1) is 7.65. The maximum absolute atomic E-state index is 11.6. The van der Waals surface area contributed by atoms with Crippen molar-refractivity contribution in [3.63, 3.8) is 0 Å². The number of aliphatic carboxylic acids is 1. The minimum atomic E-state index is -0.855. The summed E-state index contributed by atoms with van der Waals surface area (Å²) in [5.41, 5.74) is 0.526. The van der Waals surface area contributed by atoms with Crippen LogP contribution in [-0.2, 0) is 11.2 Å². The fourth-order valence-electron chi connectivity index (χ4n) is 1.35. The topological polar surface area (TPSA) is 79.5 Å². The van der Waals surface area contributed by atoms with Crippen LogP contribution in [0, 0.1) is 0 Å². The average Bonchev–Trinajstić information content (AvgIpc) is 2.71. The number of carboxylic acids is 1. The zero-order valence-corrected chi connectivity index (χ0v) is 9.16. The van der Waals surface area contributed by atoms with Gasteiger partial charge in [0.05, 0.1) is 11.8 Å². The summed E-state index contributed by atoms with van der Waals surface area (Å²) in [7, 11) is 0. The lowest BCUT2D eigenvalue weighted by Crippen LogP contribution is -2.25. The Kier molecular flexibility index (Phi) is 4.57. The summed E-state index contributed by atoms with van der Waals surface area (Å²) in [6.45, 7) is 2.26. The first kappa shape index (κ1) is 12.3. The molecule has 0 aliphatic rings. The molecule has 1 aromatic rings. The first-order valence-electron chi connectivity index (χ1n) is 5.21. The van der Waals surface area contributed by atoms with Crippen LogP contribution in [0.3, 0.4) is 0 Å². The first-order valence-corrected chi connectivity index (χ1v) is 5.21. The zero-order valence-electron chi connectivity index (χ0n) is 9.16. The van der Waals surface area contributed by atoms with Gasteiger partial charge in [0.2, 0.25) is 0 Å². The van der Waals surface area contributed by atoms with E-state index in [4.69, 9.17) is 9.52 Å². The normalized spacial score (nSPS) is 10.1. The van der Waals surface area contributed by atoms with Crippen LogP contribution >= 0.6 is 0 Å². The van der Waals surface area contributed by atoms with Gasteiger partial charge in [0.25, 0.3) is 5.91 Å². The van der Waals surface area contributed by atoms with E-state index >= 15 is 0 Å². The molecule has 1 amide bonds. The van der Waals surface area contributed by atoms with Crippen LogP contribution in [-0.4, -0.2) is 23.5 Å². The van der Waals surface area contributed by atoms with Crippen LogP contribution < -0.4 is 5.32 Å². The van der Waals surface area contributed by atoms with Crippen LogP contribution in [0.4, 0.5) is 0 Å². The Balaban J connectivity index is 2.38. The zero-order chi connectivity index (χ0) is 12.0. The fraction of sp³-hybridized carbons (Fsp3) is 0.455. The van der Waals surface area contributed by atoms with Gasteiger partial charge in [0, 0.05) is 19.4 Å². The minimum Gasteiger partial charge on any atom is -0.481 e. The van der Waals surface area contributed by atoms with E-state index < -0.39 is 5.97 Å². The summed E-state index contributed by atoms with van der Waals surface area (Å²) in [4.78, 5) is 21.9. The summed E-state index contributed by atoms with van der Waals surface area (Å²) in [6, 6.07) is 1.62. The van der Waals surface area contributed by atoms with Gasteiger partial charge in [0.15, 0.2) is 0 Å². The molecule has 1 aromatic heterocycles. The smallest absolute Gasteiger partial charge is 0.303 e. The molecule has 0 atom stereocenters. The van der Waals surface area contributed by atoms with Crippen molar-refractivity contribution in [1.29, 1.82) is 0 Å². The summed E-state index contributed by atoms with van der Waals surface area (Å²) >= 11 is 0. The monoisotopic (exact) mass is 225 g/mol. The highest BCUT2D eigenvalue weighted by atomic mass is 16.4. The Morgan fingerprint density at radius 3 is 2.88 bits per heavy atom. The summed E-state index contributed by atoms with van der Waals surface area (Å²) in [5, 5.41) is 11.1. The highest BCUT2D eigenvalue weighted by molar-refractivity contribution is 5.95. The van der Waals surface area contributed by atoms with Crippen molar-refractivity contribution in [2.45, 2.75) is 26.2 Å². The van der Waals surface area contributed by atoms with Crippen LogP contribution in [0.1, 0.15) is 35.9 Å². The number of aryl methyl sites for hydroxylation is 1. The largest absolute Gasteiger partial charge is 0.481 e. The lowest BCUT2D eigenvalue weighted by molar-refractivity contribution is -0.137. The molecule has 1 heterocycles. The highest BCUT2D eigenvalue weighted by Gasteiger charge is 2.12. The summed E-state index contributed by atoms with van der Waals surface area (Å²) in [6.07, 6.45) is 2.63. The Bertz CT molecular complexity index is 370. The van der Waals surface area contributed by atoms with Crippen molar-refractivity contribution >= 4 is 11.9 Å². The maximum atomic E-state index is 11.6. The van der Waals surface area contributed by atoms with Gasteiger partial charge in [0.1, 0.15) is 5.76 Å². The third-order valence-corrected chi connectivity index (χ3v) is 2.16. The molecule has 16 heavy (non-hydrogen) atoms. The molecule has 5 nitrogen and oxygen atoms in total. The molecule has 0 saturated carbocycles. The van der Waals surface area contributed by atoms with Crippen LogP contribution in [0.25, 0.3) is 0 Å². The van der Waals surface area contributed by atoms with Crippen molar-refractivity contribution in [2.75, 3.05) is 6.54 Å². The van der Waals surface area contributed by atoms with Crippen molar-refractivity contribution in [2.24, 2.45) is 0 Å². The standard InChI is InChI=1S/C11H15NO4/c1-2-9-8(5-7-16-9)11(15)12-6-3-4-10(13)14/h5,7H,2-4,6H2,1H3,(H,12,15)(H,13,14). The molecule has 0 aliphatic carbocycles. The second-order valence-electron chi connectivity index (χ2n) is 3.36. The van der Waals surface area contributed by atoms with Gasteiger partial charge in [-0.15, -0.1) is 0 Å². The molecule has 5 heteroatoms. The number of amides is 1. The molecule has 88 valence electrons. The molecule has 0 aliphatic heterocycles. The molecule has 0 saturated heterocycles. The SMILES string of the molecule is CCc1occc1C(=O)NCCCC(=O)O. The minimum absolute atomic E-state index is 0.0618. The van der Waals surface area contributed by atoms with Gasteiger partial charge in [-0.05, 0) is 12.5 Å². The molecule has 0 radical (unpaired) electrons. The van der Waals surface area contributed by atoms with Crippen molar-refractivity contribution in [3.05, 3.63) is 23.7 Å². The molecule has 0 fully saturated rings. The number of nitrogens with one attached hydrogen (secondary N) is 1. The molecule has 0 unspecified atom stereocenters. The van der Waals surface area contributed by atoms with Gasteiger partial charge in [-0.1, -0.05) is 6.92 Å². The Hall–Kier alpha value is -1.78. The maximum Gasteiger partial charge on any atom is 0.303 e. The third-order valence-electron chi connectivity index (χ3n) is 2.16. The predicted molar refractivity (Wildman–Crippen MR) is 57.3 cm³/mol. The Morgan fingerprint density at radius 2 is 2.25 bits per heavy atom. The average molecular weight is 225 g/mol. The van der Waals surface area contributed by atoms with Gasteiger partial charge in [-0.25, -0.2) is 0 Å². The van der Waals surface area contributed by atoms with E-state index in [1.54, 1.807) is 6.07 Å². The number of furan rings is 1. The van der Waals surface area contributed by atoms with E-state index in [0.29, 0.717) is 30.7 Å². The van der Waals surface area contributed by atoms with E-state index in [1.165, 1.54) is 6.26 Å². The second kappa shape index (κ2) is 5.95. The lowest BCUT2D eigenvalue weighted by Gasteiger charge is -2.03. The summed E-state index contributed by atoms with van der Waals surface area (Å²) in [5.74, 6) is -0.418. The molecular formula is C11H15NO4. The van der Waals surface area contributed by atoms with Crippen molar-refractivity contribution < 1.29 is 19.1 Å². The lowest BCUT2D eigenvalue weighted by atomic mass is 10.2. The number of hydrogen-bond acceptors (Lipinski definition) is 3. The van der Waals surface area contributed by atoms with Crippen LogP contribution in [0.5, 0.6) is 0 Å². The van der Waals surface area contributed by atoms with E-state index in [1.807, 2.05) is 6.92 Å². The number of carbonyl (C=O) groups is 2. The van der Waals surface area contributed by atoms with E-state index in [0.717, 1.165) is 0 Å². The molecule has 0 aromatic carbocycles. The van der Waals surface area contributed by atoms with Gasteiger partial charge >= 0.3 is 5.97 Å². The Morgan fingerprint density at radius 1 is 1.50 bits per heavy atom. The van der Waals surface area contributed by atoms with Gasteiger partial charge in [-0.3, -0.25) is 9.59 Å². The number of carboxylic acid groups (broad SMARTS) is 1. The fourth-order valence-corrected chi connectivity index (χ4v) is 1.35. The molecule has 2 N–H and O–H groups in total. The van der Waals surface area contributed by atoms with Gasteiger partial charge < -0.3 is 14.8 Å². The molecule has 0 bridgehead atoms. The van der Waals surface area contributed by atoms with Crippen LogP contribution in [0.15, 0.2) is 16.7 Å². The number of carbonyl (C=O) groups excluding carboxylic acids is 1. The predicted octanol–water partition coefficient (Wildman–Crippen LogP) is 1.44. The Labute approximate surface area is 93.4 Å². The molecular weight excluding hydrogens is 210 g/mol. The van der Waals surface area contributed by atoms with Crippen molar-refractivity contribution in [3.8, 4) is 0 Å². The highest BCUT2D eigenvalue weighted by Crippen LogP contribution is 2.10. The number of rotatable bonds is 6. The van der Waals surface area contributed by atoms with Gasteiger partial charge in [-0.2, -0.15) is 0 Å². The van der Waals surface area contributed by atoms with E-state index in [-0.39, 0.29) is 12.3 Å². The second-order valence-corrected chi connectivity index (χ2v) is 3.36. The molecule has 0 spiro atoms. The third kappa shape index (κ3) is 3.42. The van der Waals surface area contributed by atoms with Crippen LogP contribution in [0.2, 0.25) is 0 Å². The van der Waals surface area contributed by atoms with E-state index in [9.17, 15) is 9.59 Å². The van der Waals surface area contributed by atoms with E-state index in [2.05, 4.69) is 5.32 Å². The number of hydrogen-bond donors (Lipinski definition) is 2. The van der Waals surface area contributed by atoms with Crippen molar-refractivity contribution in [1.82, 2.24) is 5.32 Å². The molecule has 1 rings (SSSR count).